The molecule has 23 heavy (non-hydrogen) atoms. The van der Waals surface area contributed by atoms with Crippen LogP contribution in [0.15, 0.2) is 30.9 Å². The standard InChI is InChI=1S/C19H24F2O2/c1-2-13-3-5-14(6-4-13)17-11-22-19(23-12-17)15-7-8-16(10-20)18(21)9-15/h2,7-9,13-14,17,19H,1,3-6,10-12H2. The maximum atomic E-state index is 13.7. The molecule has 4 heteroatoms. The van der Waals surface area contributed by atoms with Gasteiger partial charge in [-0.2, -0.15) is 0 Å². The largest absolute Gasteiger partial charge is 0.348 e. The molecule has 0 amide bonds. The maximum Gasteiger partial charge on any atom is 0.183 e. The number of halogens is 2. The molecule has 2 fully saturated rings. The molecule has 0 bridgehead atoms. The summed E-state index contributed by atoms with van der Waals surface area (Å²) in [6.07, 6.45) is 6.31. The molecule has 1 heterocycles. The number of allylic oxidation sites excluding steroid dienone is 1. The second kappa shape index (κ2) is 7.54. The zero-order chi connectivity index (χ0) is 16.2. The molecule has 1 aliphatic heterocycles. The van der Waals surface area contributed by atoms with Gasteiger partial charge in [0.2, 0.25) is 0 Å². The highest BCUT2D eigenvalue weighted by Gasteiger charge is 2.32. The molecule has 126 valence electrons. The first kappa shape index (κ1) is 16.6. The highest BCUT2D eigenvalue weighted by Crippen LogP contribution is 2.37. The lowest BCUT2D eigenvalue weighted by Gasteiger charge is -2.37. The first-order chi connectivity index (χ1) is 11.2. The minimum Gasteiger partial charge on any atom is -0.348 e. The van der Waals surface area contributed by atoms with Crippen molar-refractivity contribution in [3.05, 3.63) is 47.8 Å². The smallest absolute Gasteiger partial charge is 0.183 e. The summed E-state index contributed by atoms with van der Waals surface area (Å²) in [6.45, 7) is 4.36. The summed E-state index contributed by atoms with van der Waals surface area (Å²) in [4.78, 5) is 0. The first-order valence-electron chi connectivity index (χ1n) is 8.41. The summed E-state index contributed by atoms with van der Waals surface area (Å²) in [5.41, 5.74) is 0.690. The van der Waals surface area contributed by atoms with Gasteiger partial charge in [0.15, 0.2) is 6.29 Å². The second-order valence-corrected chi connectivity index (χ2v) is 6.65. The van der Waals surface area contributed by atoms with E-state index >= 15 is 0 Å². The molecule has 1 aromatic rings. The van der Waals surface area contributed by atoms with E-state index < -0.39 is 18.8 Å². The maximum absolute atomic E-state index is 13.7. The van der Waals surface area contributed by atoms with Crippen LogP contribution in [0.4, 0.5) is 8.78 Å². The first-order valence-corrected chi connectivity index (χ1v) is 8.41. The predicted octanol–water partition coefficient (Wildman–Crippen LogP) is 4.95. The van der Waals surface area contributed by atoms with Gasteiger partial charge in [-0.1, -0.05) is 18.2 Å². The monoisotopic (exact) mass is 322 g/mol. The minimum atomic E-state index is -0.798. The zero-order valence-electron chi connectivity index (χ0n) is 13.3. The lowest BCUT2D eigenvalue weighted by atomic mass is 9.76. The van der Waals surface area contributed by atoms with E-state index in [0.717, 1.165) is 0 Å². The van der Waals surface area contributed by atoms with Crippen LogP contribution >= 0.6 is 0 Å². The SMILES string of the molecule is C=CC1CCC(C2COC(c3ccc(CF)c(F)c3)OC2)CC1. The van der Waals surface area contributed by atoms with Crippen LogP contribution in [-0.2, 0) is 16.1 Å². The van der Waals surface area contributed by atoms with Crippen LogP contribution in [0.2, 0.25) is 0 Å². The van der Waals surface area contributed by atoms with E-state index in [2.05, 4.69) is 12.7 Å². The van der Waals surface area contributed by atoms with Crippen LogP contribution in [0.25, 0.3) is 0 Å². The van der Waals surface area contributed by atoms with Gasteiger partial charge in [0.25, 0.3) is 0 Å². The predicted molar refractivity (Wildman–Crippen MR) is 85.0 cm³/mol. The Morgan fingerprint density at radius 3 is 2.35 bits per heavy atom. The normalized spacial score (nSPS) is 31.7. The van der Waals surface area contributed by atoms with Crippen molar-refractivity contribution in [2.24, 2.45) is 17.8 Å². The number of benzene rings is 1. The van der Waals surface area contributed by atoms with Gasteiger partial charge in [0.05, 0.1) is 13.2 Å². The van der Waals surface area contributed by atoms with E-state index in [4.69, 9.17) is 9.47 Å². The fourth-order valence-corrected chi connectivity index (χ4v) is 3.65. The van der Waals surface area contributed by atoms with Crippen LogP contribution < -0.4 is 0 Å². The number of hydrogen-bond acceptors (Lipinski definition) is 2. The van der Waals surface area contributed by atoms with E-state index in [1.165, 1.54) is 37.8 Å². The highest BCUT2D eigenvalue weighted by molar-refractivity contribution is 5.25. The van der Waals surface area contributed by atoms with Crippen molar-refractivity contribution in [3.63, 3.8) is 0 Å². The molecule has 0 radical (unpaired) electrons. The van der Waals surface area contributed by atoms with Crippen molar-refractivity contribution in [3.8, 4) is 0 Å². The molecular formula is C19H24F2O2. The van der Waals surface area contributed by atoms with Crippen molar-refractivity contribution in [1.29, 1.82) is 0 Å². The van der Waals surface area contributed by atoms with Crippen LogP contribution in [0.3, 0.4) is 0 Å². The van der Waals surface area contributed by atoms with E-state index in [9.17, 15) is 8.78 Å². The van der Waals surface area contributed by atoms with Gasteiger partial charge in [0, 0.05) is 17.0 Å². The minimum absolute atomic E-state index is 0.0708. The summed E-state index contributed by atoms with van der Waals surface area (Å²) in [6, 6.07) is 4.45. The Balaban J connectivity index is 1.54. The Labute approximate surface area is 136 Å². The molecule has 0 N–H and O–H groups in total. The van der Waals surface area contributed by atoms with E-state index in [0.29, 0.717) is 36.5 Å². The third-order valence-electron chi connectivity index (χ3n) is 5.23. The summed E-state index contributed by atoms with van der Waals surface area (Å²) in [7, 11) is 0. The lowest BCUT2D eigenvalue weighted by molar-refractivity contribution is -0.214. The van der Waals surface area contributed by atoms with Crippen LogP contribution in [0.1, 0.15) is 43.1 Å². The summed E-state index contributed by atoms with van der Waals surface area (Å²) in [5, 5.41) is 0. The molecule has 1 saturated heterocycles. The van der Waals surface area contributed by atoms with Gasteiger partial charge in [-0.15, -0.1) is 6.58 Å². The van der Waals surface area contributed by atoms with Gasteiger partial charge in [-0.3, -0.25) is 0 Å². The molecule has 1 saturated carbocycles. The molecule has 2 nitrogen and oxygen atoms in total. The summed E-state index contributed by atoms with van der Waals surface area (Å²) >= 11 is 0. The van der Waals surface area contributed by atoms with Gasteiger partial charge in [0.1, 0.15) is 12.5 Å². The van der Waals surface area contributed by atoms with Crippen LogP contribution in [-0.4, -0.2) is 13.2 Å². The van der Waals surface area contributed by atoms with Gasteiger partial charge in [-0.25, -0.2) is 8.78 Å². The Kier molecular flexibility index (Phi) is 5.44. The van der Waals surface area contributed by atoms with E-state index in [-0.39, 0.29) is 5.56 Å². The molecule has 0 spiro atoms. The number of alkyl halides is 1. The van der Waals surface area contributed by atoms with Crippen LogP contribution in [0.5, 0.6) is 0 Å². The summed E-state index contributed by atoms with van der Waals surface area (Å²) < 4.78 is 37.9. The molecule has 1 aromatic carbocycles. The van der Waals surface area contributed by atoms with Crippen LogP contribution in [0, 0.1) is 23.6 Å². The number of rotatable bonds is 4. The Morgan fingerprint density at radius 2 is 1.78 bits per heavy atom. The average Bonchev–Trinajstić information content (AvgIpc) is 2.62. The van der Waals surface area contributed by atoms with Crippen molar-refractivity contribution >= 4 is 0 Å². The van der Waals surface area contributed by atoms with Crippen molar-refractivity contribution in [2.45, 2.75) is 38.6 Å². The third-order valence-corrected chi connectivity index (χ3v) is 5.23. The quantitative estimate of drug-likeness (QED) is 0.730. The topological polar surface area (TPSA) is 18.5 Å². The molecule has 0 aromatic heterocycles. The molecule has 0 atom stereocenters. The van der Waals surface area contributed by atoms with Crippen molar-refractivity contribution in [2.75, 3.05) is 13.2 Å². The molecule has 2 aliphatic rings. The number of hydrogen-bond donors (Lipinski definition) is 0. The lowest BCUT2D eigenvalue weighted by Crippen LogP contribution is -2.34. The van der Waals surface area contributed by atoms with Gasteiger partial charge in [-0.05, 0) is 43.6 Å². The van der Waals surface area contributed by atoms with Gasteiger partial charge >= 0.3 is 0 Å². The summed E-state index contributed by atoms with van der Waals surface area (Å²) in [5.74, 6) is 1.16. The van der Waals surface area contributed by atoms with Gasteiger partial charge < -0.3 is 9.47 Å². The molecular weight excluding hydrogens is 298 g/mol. The molecule has 1 aliphatic carbocycles. The Bertz CT molecular complexity index is 530. The third kappa shape index (κ3) is 3.81. The van der Waals surface area contributed by atoms with Crippen molar-refractivity contribution < 1.29 is 18.3 Å². The van der Waals surface area contributed by atoms with E-state index in [1.807, 2.05) is 0 Å². The molecule has 0 unspecified atom stereocenters. The van der Waals surface area contributed by atoms with E-state index in [1.54, 1.807) is 6.07 Å². The Hall–Kier alpha value is -1.26. The number of ether oxygens (including phenoxy) is 2. The zero-order valence-corrected chi connectivity index (χ0v) is 13.3. The Morgan fingerprint density at radius 1 is 1.09 bits per heavy atom. The van der Waals surface area contributed by atoms with Crippen molar-refractivity contribution in [1.82, 2.24) is 0 Å². The second-order valence-electron chi connectivity index (χ2n) is 6.65. The fourth-order valence-electron chi connectivity index (χ4n) is 3.65. The highest BCUT2D eigenvalue weighted by atomic mass is 19.1. The average molecular weight is 322 g/mol. The molecule has 3 rings (SSSR count). The fraction of sp³-hybridized carbons (Fsp3) is 0.579.